The second-order valence-corrected chi connectivity index (χ2v) is 8.92. The molecular formula is C22H28F6N2O3. The normalized spacial score (nSPS) is 25.8. The van der Waals surface area contributed by atoms with Crippen molar-refractivity contribution in [3.63, 3.8) is 0 Å². The standard InChI is InChI=1S/C22H28F6N2O3/c1-13(31)20(5-2-18(11-20)30-17-3-6-33-7-4-17)19(32)29-12-14-8-15(21(23,24)25)10-16(9-14)22(26,27)28/h8-10,13,17-18,30-31H,2-7,11-12H2,1H3,(H,29,32)/t13?,18-,20+/m1/s1. The molecular weight excluding hydrogens is 454 g/mol. The summed E-state index contributed by atoms with van der Waals surface area (Å²) < 4.78 is 83.8. The zero-order chi connectivity index (χ0) is 24.4. The van der Waals surface area contributed by atoms with Crippen molar-refractivity contribution in [1.29, 1.82) is 0 Å². The van der Waals surface area contributed by atoms with Crippen LogP contribution < -0.4 is 10.6 Å². The summed E-state index contributed by atoms with van der Waals surface area (Å²) in [6.45, 7) is 2.24. The third kappa shape index (κ3) is 6.19. The number of aliphatic hydroxyl groups excluding tert-OH is 1. The first kappa shape index (κ1) is 25.8. The van der Waals surface area contributed by atoms with Crippen LogP contribution in [0.2, 0.25) is 0 Å². The largest absolute Gasteiger partial charge is 0.416 e. The number of hydrogen-bond acceptors (Lipinski definition) is 4. The summed E-state index contributed by atoms with van der Waals surface area (Å²) in [6, 6.07) is 1.44. The average molecular weight is 482 g/mol. The van der Waals surface area contributed by atoms with Gasteiger partial charge in [0.15, 0.2) is 0 Å². The molecule has 0 radical (unpaired) electrons. The highest BCUT2D eigenvalue weighted by molar-refractivity contribution is 5.83. The third-order valence-electron chi connectivity index (χ3n) is 6.59. The van der Waals surface area contributed by atoms with E-state index in [2.05, 4.69) is 10.6 Å². The van der Waals surface area contributed by atoms with Crippen molar-refractivity contribution in [2.75, 3.05) is 13.2 Å². The molecule has 1 amide bonds. The summed E-state index contributed by atoms with van der Waals surface area (Å²) >= 11 is 0. The Kier molecular flexibility index (Phi) is 7.65. The number of hydrogen-bond donors (Lipinski definition) is 3. The number of rotatable bonds is 6. The molecule has 1 aliphatic carbocycles. The van der Waals surface area contributed by atoms with Crippen molar-refractivity contribution < 1.29 is 41.0 Å². The maximum absolute atomic E-state index is 13.1. The molecule has 0 spiro atoms. The van der Waals surface area contributed by atoms with E-state index < -0.39 is 47.5 Å². The van der Waals surface area contributed by atoms with Crippen LogP contribution in [0.1, 0.15) is 55.7 Å². The minimum Gasteiger partial charge on any atom is -0.392 e. The van der Waals surface area contributed by atoms with Gasteiger partial charge in [-0.3, -0.25) is 4.79 Å². The molecule has 1 saturated carbocycles. The highest BCUT2D eigenvalue weighted by Crippen LogP contribution is 2.42. The number of benzene rings is 1. The fraction of sp³-hybridized carbons (Fsp3) is 0.682. The van der Waals surface area contributed by atoms with Crippen molar-refractivity contribution >= 4 is 5.91 Å². The molecule has 2 aliphatic rings. The summed E-state index contributed by atoms with van der Waals surface area (Å²) in [5, 5.41) is 16.3. The minimum absolute atomic E-state index is 0.0289. The Morgan fingerprint density at radius 2 is 1.64 bits per heavy atom. The van der Waals surface area contributed by atoms with Crippen molar-refractivity contribution in [2.24, 2.45) is 5.41 Å². The van der Waals surface area contributed by atoms with Gasteiger partial charge in [0, 0.05) is 31.8 Å². The molecule has 0 aromatic heterocycles. The number of alkyl halides is 6. The highest BCUT2D eigenvalue weighted by atomic mass is 19.4. The Morgan fingerprint density at radius 3 is 2.15 bits per heavy atom. The quantitative estimate of drug-likeness (QED) is 0.536. The molecule has 3 N–H and O–H groups in total. The monoisotopic (exact) mass is 482 g/mol. The molecule has 1 saturated heterocycles. The minimum atomic E-state index is -4.96. The summed E-state index contributed by atoms with van der Waals surface area (Å²) in [4.78, 5) is 13.0. The van der Waals surface area contributed by atoms with E-state index in [0.29, 0.717) is 44.6 Å². The van der Waals surface area contributed by atoms with Crippen molar-refractivity contribution in [3.8, 4) is 0 Å². The van der Waals surface area contributed by atoms with Gasteiger partial charge >= 0.3 is 12.4 Å². The van der Waals surface area contributed by atoms with E-state index in [1.165, 1.54) is 6.92 Å². The maximum Gasteiger partial charge on any atom is 0.416 e. The lowest BCUT2D eigenvalue weighted by Gasteiger charge is -2.32. The van der Waals surface area contributed by atoms with Crippen molar-refractivity contribution in [3.05, 3.63) is 34.9 Å². The molecule has 0 bridgehead atoms. The number of amides is 1. The van der Waals surface area contributed by atoms with E-state index in [9.17, 15) is 36.2 Å². The van der Waals surface area contributed by atoms with Crippen LogP contribution in [-0.4, -0.2) is 42.4 Å². The van der Waals surface area contributed by atoms with Gasteiger partial charge in [-0.25, -0.2) is 0 Å². The number of carbonyl (C=O) groups excluding carboxylic acids is 1. The summed E-state index contributed by atoms with van der Waals surface area (Å²) in [7, 11) is 0. The van der Waals surface area contributed by atoms with E-state index in [-0.39, 0.29) is 23.7 Å². The smallest absolute Gasteiger partial charge is 0.392 e. The van der Waals surface area contributed by atoms with Gasteiger partial charge in [-0.2, -0.15) is 26.3 Å². The lowest BCUT2D eigenvalue weighted by molar-refractivity contribution is -0.143. The van der Waals surface area contributed by atoms with Crippen LogP contribution in [0, 0.1) is 5.41 Å². The second kappa shape index (κ2) is 9.79. The summed E-state index contributed by atoms with van der Waals surface area (Å²) in [6.07, 6.45) is -7.99. The fourth-order valence-electron chi connectivity index (χ4n) is 4.67. The molecule has 3 rings (SSSR count). The molecule has 5 nitrogen and oxygen atoms in total. The molecule has 3 atom stereocenters. The van der Waals surface area contributed by atoms with E-state index in [1.54, 1.807) is 0 Å². The lowest BCUT2D eigenvalue weighted by Crippen LogP contribution is -2.48. The first-order valence-electron chi connectivity index (χ1n) is 10.9. The number of ether oxygens (including phenoxy) is 1. The van der Waals surface area contributed by atoms with Crippen LogP contribution in [0.3, 0.4) is 0 Å². The number of aliphatic hydroxyl groups is 1. The summed E-state index contributed by atoms with van der Waals surface area (Å²) in [5.41, 5.74) is -4.36. The molecule has 1 unspecified atom stereocenters. The van der Waals surface area contributed by atoms with Crippen LogP contribution in [0.15, 0.2) is 18.2 Å². The van der Waals surface area contributed by atoms with Gasteiger partial charge in [0.25, 0.3) is 0 Å². The molecule has 2 fully saturated rings. The van der Waals surface area contributed by atoms with Gasteiger partial charge in [0.1, 0.15) is 0 Å². The van der Waals surface area contributed by atoms with E-state index in [4.69, 9.17) is 4.74 Å². The first-order chi connectivity index (χ1) is 15.3. The van der Waals surface area contributed by atoms with Gasteiger partial charge in [-0.15, -0.1) is 0 Å². The Bertz CT molecular complexity index is 804. The molecule has 1 aromatic rings. The number of carbonyl (C=O) groups is 1. The molecule has 1 heterocycles. The summed E-state index contributed by atoms with van der Waals surface area (Å²) in [5.74, 6) is -0.584. The van der Waals surface area contributed by atoms with Crippen LogP contribution in [0.4, 0.5) is 26.3 Å². The third-order valence-corrected chi connectivity index (χ3v) is 6.59. The van der Waals surface area contributed by atoms with Crippen LogP contribution in [0.5, 0.6) is 0 Å². The molecule has 1 aromatic carbocycles. The van der Waals surface area contributed by atoms with Gasteiger partial charge in [0.2, 0.25) is 5.91 Å². The number of nitrogens with one attached hydrogen (secondary N) is 2. The van der Waals surface area contributed by atoms with Gasteiger partial charge < -0.3 is 20.5 Å². The first-order valence-corrected chi connectivity index (χ1v) is 10.9. The van der Waals surface area contributed by atoms with Crippen LogP contribution >= 0.6 is 0 Å². The Hall–Kier alpha value is -1.85. The lowest BCUT2D eigenvalue weighted by atomic mass is 9.79. The zero-order valence-corrected chi connectivity index (χ0v) is 18.2. The van der Waals surface area contributed by atoms with Crippen LogP contribution in [-0.2, 0) is 28.4 Å². The zero-order valence-electron chi connectivity index (χ0n) is 18.2. The number of halogens is 6. The van der Waals surface area contributed by atoms with Crippen molar-refractivity contribution in [2.45, 2.75) is 76.1 Å². The maximum atomic E-state index is 13.1. The molecule has 1 aliphatic heterocycles. The van der Waals surface area contributed by atoms with Gasteiger partial charge in [-0.1, -0.05) is 0 Å². The van der Waals surface area contributed by atoms with Gasteiger partial charge in [-0.05, 0) is 62.8 Å². The van der Waals surface area contributed by atoms with E-state index >= 15 is 0 Å². The fourth-order valence-corrected chi connectivity index (χ4v) is 4.67. The Labute approximate surface area is 187 Å². The average Bonchev–Trinajstić information content (AvgIpc) is 3.16. The molecule has 33 heavy (non-hydrogen) atoms. The second-order valence-electron chi connectivity index (χ2n) is 8.92. The highest BCUT2D eigenvalue weighted by Gasteiger charge is 2.49. The van der Waals surface area contributed by atoms with Crippen LogP contribution in [0.25, 0.3) is 0 Å². The Morgan fingerprint density at radius 1 is 1.06 bits per heavy atom. The van der Waals surface area contributed by atoms with Gasteiger partial charge in [0.05, 0.1) is 22.6 Å². The SMILES string of the molecule is CC(O)[C@]1(C(=O)NCc2cc(C(F)(F)F)cc(C(F)(F)F)c2)CC[C@@H](NC2CCOCC2)C1. The Balaban J connectivity index is 1.71. The van der Waals surface area contributed by atoms with Crippen molar-refractivity contribution in [1.82, 2.24) is 10.6 Å². The van der Waals surface area contributed by atoms with E-state index in [1.807, 2.05) is 0 Å². The molecule has 186 valence electrons. The predicted molar refractivity (Wildman–Crippen MR) is 107 cm³/mol. The topological polar surface area (TPSA) is 70.6 Å². The predicted octanol–water partition coefficient (Wildman–Crippen LogP) is 4.03. The molecule has 11 heteroatoms. The van der Waals surface area contributed by atoms with E-state index in [0.717, 1.165) is 12.8 Å².